The third-order valence-corrected chi connectivity index (χ3v) is 5.29. The quantitative estimate of drug-likeness (QED) is 0.619. The van der Waals surface area contributed by atoms with Gasteiger partial charge in [-0.15, -0.1) is 0 Å². The van der Waals surface area contributed by atoms with E-state index in [0.29, 0.717) is 19.6 Å². The Morgan fingerprint density at radius 1 is 1.38 bits per heavy atom. The molecule has 0 unspecified atom stereocenters. The molecule has 1 aliphatic rings. The number of hydrogen-bond acceptors (Lipinski definition) is 5. The molecule has 2 amide bonds. The van der Waals surface area contributed by atoms with Crippen LogP contribution in [-0.2, 0) is 23.1 Å². The van der Waals surface area contributed by atoms with E-state index in [-0.39, 0.29) is 35.7 Å². The number of amides is 2. The summed E-state index contributed by atoms with van der Waals surface area (Å²) >= 11 is 0. The molecule has 2 heterocycles. The number of ether oxygens (including phenoxy) is 1. The van der Waals surface area contributed by atoms with Crippen molar-refractivity contribution in [2.45, 2.75) is 58.2 Å². The number of imidazole rings is 1. The lowest BCUT2D eigenvalue weighted by Gasteiger charge is -2.35. The zero-order valence-electron chi connectivity index (χ0n) is 17.3. The maximum absolute atomic E-state index is 12.8. The molecule has 1 fully saturated rings. The molecule has 3 rings (SSSR count). The van der Waals surface area contributed by atoms with Crippen molar-refractivity contribution in [3.8, 4) is 0 Å². The van der Waals surface area contributed by atoms with Gasteiger partial charge in [0.1, 0.15) is 0 Å². The summed E-state index contributed by atoms with van der Waals surface area (Å²) in [4.78, 5) is 32.0. The highest BCUT2D eigenvalue weighted by molar-refractivity contribution is 5.90. The van der Waals surface area contributed by atoms with Gasteiger partial charge in [-0.3, -0.25) is 14.3 Å². The number of aryl methyl sites for hydroxylation is 2. The van der Waals surface area contributed by atoms with Gasteiger partial charge in [0.15, 0.2) is 5.82 Å². The third kappa shape index (κ3) is 5.44. The average Bonchev–Trinajstić information content (AvgIpc) is 3.34. The lowest BCUT2D eigenvalue weighted by atomic mass is 9.83. The summed E-state index contributed by atoms with van der Waals surface area (Å²) in [5, 5.41) is 10.3. The highest BCUT2D eigenvalue weighted by atomic mass is 16.5. The fourth-order valence-electron chi connectivity index (χ4n) is 3.78. The molecule has 3 N–H and O–H groups in total. The van der Waals surface area contributed by atoms with E-state index in [1.165, 1.54) is 6.20 Å². The minimum atomic E-state index is -0.280. The Morgan fingerprint density at radius 2 is 2.21 bits per heavy atom. The molecule has 29 heavy (non-hydrogen) atoms. The minimum absolute atomic E-state index is 0.000517. The van der Waals surface area contributed by atoms with Gasteiger partial charge in [-0.2, -0.15) is 5.10 Å². The first-order chi connectivity index (χ1) is 14.0. The van der Waals surface area contributed by atoms with Crippen molar-refractivity contribution >= 4 is 11.8 Å². The Bertz CT molecular complexity index is 816. The van der Waals surface area contributed by atoms with Crippen LogP contribution in [0.1, 0.15) is 54.5 Å². The number of H-pyrrole nitrogens is 1. The van der Waals surface area contributed by atoms with Crippen molar-refractivity contribution in [1.82, 2.24) is 30.4 Å². The monoisotopic (exact) mass is 402 g/mol. The Labute approximate surface area is 170 Å². The van der Waals surface area contributed by atoms with Crippen molar-refractivity contribution in [2.24, 2.45) is 13.0 Å². The summed E-state index contributed by atoms with van der Waals surface area (Å²) in [6.07, 6.45) is 7.88. The van der Waals surface area contributed by atoms with E-state index in [2.05, 4.69) is 32.6 Å². The third-order valence-electron chi connectivity index (χ3n) is 5.29. The fourth-order valence-corrected chi connectivity index (χ4v) is 3.78. The van der Waals surface area contributed by atoms with Gasteiger partial charge in [0.25, 0.3) is 5.91 Å². The smallest absolute Gasteiger partial charge is 0.287 e. The maximum atomic E-state index is 12.8. The molecule has 0 aliphatic heterocycles. The molecule has 1 aliphatic carbocycles. The molecule has 0 radical (unpaired) electrons. The summed E-state index contributed by atoms with van der Waals surface area (Å²) < 4.78 is 7.69. The van der Waals surface area contributed by atoms with E-state index in [0.717, 1.165) is 30.5 Å². The van der Waals surface area contributed by atoms with Crippen LogP contribution >= 0.6 is 0 Å². The van der Waals surface area contributed by atoms with Crippen LogP contribution in [-0.4, -0.2) is 50.3 Å². The Morgan fingerprint density at radius 3 is 2.86 bits per heavy atom. The van der Waals surface area contributed by atoms with Gasteiger partial charge >= 0.3 is 0 Å². The van der Waals surface area contributed by atoms with Crippen LogP contribution in [0.25, 0.3) is 0 Å². The number of rotatable bonds is 8. The van der Waals surface area contributed by atoms with E-state index in [4.69, 9.17) is 4.74 Å². The number of nitrogens with one attached hydrogen (secondary N) is 3. The van der Waals surface area contributed by atoms with Crippen LogP contribution in [0.5, 0.6) is 0 Å². The van der Waals surface area contributed by atoms with Gasteiger partial charge in [-0.1, -0.05) is 6.92 Å². The molecule has 158 valence electrons. The molecule has 1 saturated carbocycles. The zero-order valence-corrected chi connectivity index (χ0v) is 17.3. The normalized spacial score (nSPS) is 21.7. The summed E-state index contributed by atoms with van der Waals surface area (Å²) in [5.74, 6) is -0.190. The number of carbonyl (C=O) groups excluding carboxylic acids is 2. The molecule has 0 aromatic carbocycles. The first-order valence-corrected chi connectivity index (χ1v) is 10.2. The zero-order chi connectivity index (χ0) is 20.8. The van der Waals surface area contributed by atoms with Crippen LogP contribution in [0.4, 0.5) is 0 Å². The highest BCUT2D eigenvalue weighted by Gasteiger charge is 2.35. The molecule has 3 atom stereocenters. The topological polar surface area (TPSA) is 114 Å². The van der Waals surface area contributed by atoms with Crippen molar-refractivity contribution < 1.29 is 14.3 Å². The van der Waals surface area contributed by atoms with Gasteiger partial charge in [0, 0.05) is 50.3 Å². The molecule has 0 spiro atoms. The molecule has 2 aromatic rings. The molecular formula is C20H30N6O3. The number of aromatic amines is 1. The molecule has 9 nitrogen and oxygen atoms in total. The van der Waals surface area contributed by atoms with Gasteiger partial charge in [0.05, 0.1) is 17.8 Å². The number of nitrogens with zero attached hydrogens (tertiary/aromatic N) is 3. The average molecular weight is 402 g/mol. The predicted molar refractivity (Wildman–Crippen MR) is 107 cm³/mol. The van der Waals surface area contributed by atoms with Crippen molar-refractivity contribution in [3.05, 3.63) is 35.7 Å². The standard InChI is InChI=1S/C20H30N6O3/c1-4-9-29-17-6-5-14(10-16(17)24-20(28)18-21-7-8-22-18)19(27)23-11-15-12-26(3)25-13(15)2/h7-8,12,14,16-17H,4-6,9-11H2,1-3H3,(H,21,22)(H,23,27)(H,24,28)/t14-,16+,17+/m0/s1. The summed E-state index contributed by atoms with van der Waals surface area (Å²) in [6, 6.07) is -0.233. The summed E-state index contributed by atoms with van der Waals surface area (Å²) in [6.45, 7) is 5.07. The first-order valence-electron chi connectivity index (χ1n) is 10.2. The fraction of sp³-hybridized carbons (Fsp3) is 0.600. The van der Waals surface area contributed by atoms with Crippen molar-refractivity contribution in [1.29, 1.82) is 0 Å². The van der Waals surface area contributed by atoms with E-state index < -0.39 is 0 Å². The molecule has 2 aromatic heterocycles. The van der Waals surface area contributed by atoms with Crippen LogP contribution in [0.15, 0.2) is 18.6 Å². The maximum Gasteiger partial charge on any atom is 0.287 e. The van der Waals surface area contributed by atoms with Crippen molar-refractivity contribution in [3.63, 3.8) is 0 Å². The van der Waals surface area contributed by atoms with Crippen molar-refractivity contribution in [2.75, 3.05) is 6.61 Å². The Balaban J connectivity index is 1.60. The first kappa shape index (κ1) is 21.0. The second-order valence-corrected chi connectivity index (χ2v) is 7.57. The van der Waals surface area contributed by atoms with Gasteiger partial charge in [-0.25, -0.2) is 4.98 Å². The lowest BCUT2D eigenvalue weighted by molar-refractivity contribution is -0.127. The van der Waals surface area contributed by atoms with E-state index in [1.807, 2.05) is 20.2 Å². The Hall–Kier alpha value is -2.68. The molecule has 0 saturated heterocycles. The number of carbonyl (C=O) groups is 2. The second kappa shape index (κ2) is 9.69. The van der Waals surface area contributed by atoms with Crippen LogP contribution < -0.4 is 10.6 Å². The van der Waals surface area contributed by atoms with E-state index in [1.54, 1.807) is 10.9 Å². The van der Waals surface area contributed by atoms with Gasteiger partial charge < -0.3 is 20.4 Å². The molecule has 9 heteroatoms. The summed E-state index contributed by atoms with van der Waals surface area (Å²) in [7, 11) is 1.86. The van der Waals surface area contributed by atoms with Crippen LogP contribution in [0.2, 0.25) is 0 Å². The predicted octanol–water partition coefficient (Wildman–Crippen LogP) is 1.46. The van der Waals surface area contributed by atoms with Crippen LogP contribution in [0, 0.1) is 12.8 Å². The van der Waals surface area contributed by atoms with E-state index >= 15 is 0 Å². The largest absolute Gasteiger partial charge is 0.376 e. The number of aromatic nitrogens is 4. The number of hydrogen-bond donors (Lipinski definition) is 3. The lowest BCUT2D eigenvalue weighted by Crippen LogP contribution is -2.50. The van der Waals surface area contributed by atoms with Crippen LogP contribution in [0.3, 0.4) is 0 Å². The second-order valence-electron chi connectivity index (χ2n) is 7.57. The molecule has 0 bridgehead atoms. The minimum Gasteiger partial charge on any atom is -0.376 e. The summed E-state index contributed by atoms with van der Waals surface area (Å²) in [5.41, 5.74) is 1.91. The Kier molecular flexibility index (Phi) is 7.03. The van der Waals surface area contributed by atoms with Gasteiger partial charge in [-0.05, 0) is 32.6 Å². The highest BCUT2D eigenvalue weighted by Crippen LogP contribution is 2.27. The SMILES string of the molecule is CCCO[C@@H]1CC[C@H](C(=O)NCc2cn(C)nc2C)C[C@H]1NC(=O)c1ncc[nH]1. The van der Waals surface area contributed by atoms with E-state index in [9.17, 15) is 9.59 Å². The van der Waals surface area contributed by atoms with Gasteiger partial charge in [0.2, 0.25) is 5.91 Å². The molecular weight excluding hydrogens is 372 g/mol.